The molecule has 4 nitrogen and oxygen atoms in total. The van der Waals surface area contributed by atoms with Gasteiger partial charge >= 0.3 is 0 Å². The van der Waals surface area contributed by atoms with Crippen LogP contribution >= 0.6 is 23.1 Å². The molecule has 0 aliphatic carbocycles. The Bertz CT molecular complexity index is 1040. The molecule has 0 spiro atoms. The molecule has 4 aromatic rings. The Morgan fingerprint density at radius 3 is 2.36 bits per heavy atom. The summed E-state index contributed by atoms with van der Waals surface area (Å²) in [6.45, 7) is 2.28. The molecule has 0 bridgehead atoms. The first kappa shape index (κ1) is 18.7. The molecule has 140 valence electrons. The van der Waals surface area contributed by atoms with Crippen LogP contribution < -0.4 is 0 Å². The maximum absolute atomic E-state index is 12.4. The van der Waals surface area contributed by atoms with Crippen molar-refractivity contribution >= 4 is 28.9 Å². The van der Waals surface area contributed by atoms with Gasteiger partial charge in [-0.25, -0.2) is 0 Å². The average molecular weight is 406 g/mol. The van der Waals surface area contributed by atoms with E-state index in [2.05, 4.69) is 26.9 Å². The maximum Gasteiger partial charge on any atom is 0.192 e. The number of ketones is 1. The summed E-state index contributed by atoms with van der Waals surface area (Å²) in [4.78, 5) is 13.4. The van der Waals surface area contributed by atoms with Crippen LogP contribution in [0.15, 0.2) is 83.3 Å². The minimum absolute atomic E-state index is 0.100. The lowest BCUT2D eigenvalue weighted by Gasteiger charge is -2.15. The number of carbonyl (C=O) groups excluding carboxylic acids is 1. The molecule has 0 fully saturated rings. The van der Waals surface area contributed by atoms with E-state index in [1.807, 2.05) is 66.0 Å². The maximum atomic E-state index is 12.4. The number of hydrogen-bond acceptors (Lipinski definition) is 5. The molecule has 28 heavy (non-hydrogen) atoms. The second-order valence-corrected chi connectivity index (χ2v) is 8.39. The first-order chi connectivity index (χ1) is 13.7. The molecule has 2 heterocycles. The van der Waals surface area contributed by atoms with E-state index in [0.29, 0.717) is 6.54 Å². The highest BCUT2D eigenvalue weighted by Crippen LogP contribution is 2.37. The third-order valence-corrected chi connectivity index (χ3v) is 6.56. The molecule has 0 saturated heterocycles. The lowest BCUT2D eigenvalue weighted by atomic mass is 10.1. The lowest BCUT2D eigenvalue weighted by Crippen LogP contribution is -2.08. The van der Waals surface area contributed by atoms with Crippen molar-refractivity contribution < 1.29 is 4.79 Å². The number of Topliss-reactive ketones (excluding diaryl/α,β-unsaturated/α-hetero) is 1. The van der Waals surface area contributed by atoms with Gasteiger partial charge in [0.2, 0.25) is 0 Å². The summed E-state index contributed by atoms with van der Waals surface area (Å²) in [7, 11) is 0. The van der Waals surface area contributed by atoms with Gasteiger partial charge in [-0.15, -0.1) is 21.5 Å². The van der Waals surface area contributed by atoms with Crippen LogP contribution in [-0.4, -0.2) is 20.5 Å². The van der Waals surface area contributed by atoms with E-state index in [-0.39, 0.29) is 11.0 Å². The predicted molar refractivity (Wildman–Crippen MR) is 115 cm³/mol. The van der Waals surface area contributed by atoms with Gasteiger partial charge in [0, 0.05) is 0 Å². The van der Waals surface area contributed by atoms with Crippen molar-refractivity contribution in [2.45, 2.75) is 23.9 Å². The molecule has 0 aliphatic rings. The van der Waals surface area contributed by atoms with Crippen molar-refractivity contribution in [3.63, 3.8) is 0 Å². The Morgan fingerprint density at radius 1 is 1.00 bits per heavy atom. The Kier molecular flexibility index (Phi) is 5.69. The second kappa shape index (κ2) is 8.54. The van der Waals surface area contributed by atoms with Crippen LogP contribution in [0, 0.1) is 0 Å². The zero-order chi connectivity index (χ0) is 19.3. The third kappa shape index (κ3) is 4.08. The van der Waals surface area contributed by atoms with Crippen LogP contribution in [0.5, 0.6) is 0 Å². The van der Waals surface area contributed by atoms with Crippen molar-refractivity contribution in [3.05, 3.63) is 89.3 Å². The van der Waals surface area contributed by atoms with Crippen molar-refractivity contribution in [1.82, 2.24) is 14.8 Å². The Balaban J connectivity index is 1.73. The van der Waals surface area contributed by atoms with Crippen LogP contribution in [0.2, 0.25) is 0 Å². The van der Waals surface area contributed by atoms with Gasteiger partial charge in [-0.2, -0.15) is 0 Å². The molecule has 0 N–H and O–H groups in total. The second-order valence-electron chi connectivity index (χ2n) is 6.37. The number of nitrogens with zero attached hydrogens (tertiary/aromatic N) is 3. The smallest absolute Gasteiger partial charge is 0.192 e. The number of carbonyl (C=O) groups is 1. The fraction of sp³-hybridized carbons (Fsp3) is 0.136. The number of rotatable bonds is 7. The molecule has 0 amide bonds. The average Bonchev–Trinajstić information content (AvgIpc) is 3.37. The summed E-state index contributed by atoms with van der Waals surface area (Å²) in [6, 6.07) is 24.1. The van der Waals surface area contributed by atoms with Gasteiger partial charge in [-0.3, -0.25) is 9.36 Å². The molecule has 2 aromatic carbocycles. The van der Waals surface area contributed by atoms with Crippen LogP contribution in [0.4, 0.5) is 0 Å². The zero-order valence-electron chi connectivity index (χ0n) is 15.4. The van der Waals surface area contributed by atoms with Gasteiger partial charge in [-0.1, -0.05) is 78.5 Å². The van der Waals surface area contributed by atoms with Crippen molar-refractivity contribution in [1.29, 1.82) is 0 Å². The number of thioether (sulfide) groups is 1. The summed E-state index contributed by atoms with van der Waals surface area (Å²) >= 11 is 3.09. The van der Waals surface area contributed by atoms with E-state index in [1.165, 1.54) is 17.3 Å². The fourth-order valence-electron chi connectivity index (χ4n) is 2.99. The van der Waals surface area contributed by atoms with E-state index >= 15 is 0 Å². The highest BCUT2D eigenvalue weighted by molar-refractivity contribution is 8.00. The first-order valence-electron chi connectivity index (χ1n) is 8.95. The standard InChI is InChI=1S/C22H19N3OS2/c1-16(26)20(18-11-6-3-7-12-18)28-22-24-23-21(19-13-8-14-27-19)25(22)15-17-9-4-2-5-10-17/h2-14,20H,15H2,1H3. The zero-order valence-corrected chi connectivity index (χ0v) is 17.0. The molecule has 2 aromatic heterocycles. The van der Waals surface area contributed by atoms with Gasteiger partial charge in [0.15, 0.2) is 11.0 Å². The van der Waals surface area contributed by atoms with Gasteiger partial charge in [0.1, 0.15) is 5.78 Å². The lowest BCUT2D eigenvalue weighted by molar-refractivity contribution is -0.116. The summed E-state index contributed by atoms with van der Waals surface area (Å²) in [5.74, 6) is 0.930. The SMILES string of the molecule is CC(=O)C(Sc1nnc(-c2cccs2)n1Cc1ccccc1)c1ccccc1. The predicted octanol–water partition coefficient (Wildman–Crippen LogP) is 5.48. The quantitative estimate of drug-likeness (QED) is 0.382. The largest absolute Gasteiger partial charge is 0.298 e. The van der Waals surface area contributed by atoms with Crippen LogP contribution in [0.1, 0.15) is 23.3 Å². The Hall–Kier alpha value is -2.70. The highest BCUT2D eigenvalue weighted by atomic mass is 32.2. The molecular formula is C22H19N3OS2. The van der Waals surface area contributed by atoms with E-state index in [9.17, 15) is 4.79 Å². The topological polar surface area (TPSA) is 47.8 Å². The van der Waals surface area contributed by atoms with Gasteiger partial charge < -0.3 is 0 Å². The molecule has 4 rings (SSSR count). The molecule has 0 radical (unpaired) electrons. The minimum Gasteiger partial charge on any atom is -0.298 e. The monoisotopic (exact) mass is 405 g/mol. The molecule has 0 aliphatic heterocycles. The van der Waals surface area contributed by atoms with Gasteiger partial charge in [0.25, 0.3) is 0 Å². The molecule has 0 saturated carbocycles. The van der Waals surface area contributed by atoms with E-state index in [1.54, 1.807) is 18.3 Å². The highest BCUT2D eigenvalue weighted by Gasteiger charge is 2.23. The van der Waals surface area contributed by atoms with E-state index in [4.69, 9.17) is 0 Å². The van der Waals surface area contributed by atoms with Gasteiger partial charge in [0.05, 0.1) is 16.7 Å². The van der Waals surface area contributed by atoms with Crippen molar-refractivity contribution in [3.8, 4) is 10.7 Å². The summed E-state index contributed by atoms with van der Waals surface area (Å²) < 4.78 is 2.10. The van der Waals surface area contributed by atoms with E-state index in [0.717, 1.165) is 21.4 Å². The Morgan fingerprint density at radius 2 is 1.71 bits per heavy atom. The van der Waals surface area contributed by atoms with Crippen LogP contribution in [0.3, 0.4) is 0 Å². The van der Waals surface area contributed by atoms with Crippen LogP contribution in [-0.2, 0) is 11.3 Å². The summed E-state index contributed by atoms with van der Waals surface area (Å²) in [5.41, 5.74) is 2.15. The number of benzene rings is 2. The third-order valence-electron chi connectivity index (χ3n) is 4.34. The first-order valence-corrected chi connectivity index (χ1v) is 10.7. The Labute approximate surface area is 172 Å². The summed E-state index contributed by atoms with van der Waals surface area (Å²) in [5, 5.41) is 11.4. The van der Waals surface area contributed by atoms with Crippen molar-refractivity contribution in [2.24, 2.45) is 0 Å². The fourth-order valence-corrected chi connectivity index (χ4v) is 4.74. The minimum atomic E-state index is -0.309. The number of aromatic nitrogens is 3. The molecule has 1 atom stereocenters. The number of hydrogen-bond donors (Lipinski definition) is 0. The molecule has 1 unspecified atom stereocenters. The molecular weight excluding hydrogens is 386 g/mol. The van der Waals surface area contributed by atoms with E-state index < -0.39 is 0 Å². The van der Waals surface area contributed by atoms with Crippen molar-refractivity contribution in [2.75, 3.05) is 0 Å². The summed E-state index contributed by atoms with van der Waals surface area (Å²) in [6.07, 6.45) is 0. The van der Waals surface area contributed by atoms with Crippen LogP contribution in [0.25, 0.3) is 10.7 Å². The van der Waals surface area contributed by atoms with Gasteiger partial charge in [-0.05, 0) is 29.5 Å². The number of thiophene rings is 1. The molecule has 6 heteroatoms. The normalized spacial score (nSPS) is 12.0.